The first-order valence-electron chi connectivity index (χ1n) is 7.08. The zero-order chi connectivity index (χ0) is 19.0. The standard InChI is InChI=1S/2C7H16O2.BH3O3/c2*1-6(2,8)5-7(3,4)9;2-1(3)4/h2*8-9H,5H2,1-4H3;2-4H. The van der Waals surface area contributed by atoms with Gasteiger partial charge in [-0.15, -0.1) is 0 Å². The largest absolute Gasteiger partial charge is 0.631 e. The molecule has 0 aliphatic heterocycles. The summed E-state index contributed by atoms with van der Waals surface area (Å²) in [4.78, 5) is 0. The average molecular weight is 326 g/mol. The van der Waals surface area contributed by atoms with Crippen LogP contribution in [0.4, 0.5) is 0 Å². The second kappa shape index (κ2) is 9.82. The van der Waals surface area contributed by atoms with E-state index >= 15 is 0 Å². The highest BCUT2D eigenvalue weighted by molar-refractivity contribution is 6.30. The lowest BCUT2D eigenvalue weighted by molar-refractivity contribution is -0.0256. The molecule has 0 amide bonds. The van der Waals surface area contributed by atoms with E-state index in [-0.39, 0.29) is 0 Å². The lowest BCUT2D eigenvalue weighted by Gasteiger charge is -2.26. The maximum absolute atomic E-state index is 9.19. The van der Waals surface area contributed by atoms with E-state index in [0.717, 1.165) is 0 Å². The molecule has 7 N–H and O–H groups in total. The lowest BCUT2D eigenvalue weighted by atomic mass is 9.93. The topological polar surface area (TPSA) is 142 Å². The highest BCUT2D eigenvalue weighted by atomic mass is 16.5. The molecule has 0 saturated heterocycles. The predicted molar refractivity (Wildman–Crippen MR) is 86.8 cm³/mol. The van der Waals surface area contributed by atoms with Gasteiger partial charge in [0, 0.05) is 12.8 Å². The molecule has 0 aromatic carbocycles. The predicted octanol–water partition coefficient (Wildman–Crippen LogP) is -0.215. The molecule has 0 aliphatic rings. The number of hydrogen-bond donors (Lipinski definition) is 7. The van der Waals surface area contributed by atoms with E-state index in [1.54, 1.807) is 55.4 Å². The van der Waals surface area contributed by atoms with Gasteiger partial charge < -0.3 is 35.5 Å². The lowest BCUT2D eigenvalue weighted by Crippen LogP contribution is -2.32. The second-order valence-electron chi connectivity index (χ2n) is 7.95. The molecule has 0 aliphatic carbocycles. The molecular formula is C14H35BO7. The highest BCUT2D eigenvalue weighted by Gasteiger charge is 2.24. The zero-order valence-electron chi connectivity index (χ0n) is 15.1. The quantitative estimate of drug-likeness (QED) is 0.354. The minimum atomic E-state index is -2.17. The molecule has 0 rings (SSSR count). The van der Waals surface area contributed by atoms with Crippen molar-refractivity contribution in [3.05, 3.63) is 0 Å². The van der Waals surface area contributed by atoms with Gasteiger partial charge in [-0.2, -0.15) is 0 Å². The first-order chi connectivity index (χ1) is 9.15. The molecule has 0 aromatic rings. The van der Waals surface area contributed by atoms with Gasteiger partial charge in [0.05, 0.1) is 22.4 Å². The first kappa shape index (κ1) is 26.7. The second-order valence-corrected chi connectivity index (χ2v) is 7.95. The molecule has 7 nitrogen and oxygen atoms in total. The van der Waals surface area contributed by atoms with Crippen LogP contribution in [0.2, 0.25) is 0 Å². The van der Waals surface area contributed by atoms with Crippen LogP contribution in [-0.2, 0) is 0 Å². The number of rotatable bonds is 4. The van der Waals surface area contributed by atoms with Gasteiger partial charge in [-0.05, 0) is 55.4 Å². The molecular weight excluding hydrogens is 291 g/mol. The maximum Gasteiger partial charge on any atom is 0.631 e. The van der Waals surface area contributed by atoms with Gasteiger partial charge in [-0.1, -0.05) is 0 Å². The Bertz CT molecular complexity index is 214. The highest BCUT2D eigenvalue weighted by Crippen LogP contribution is 2.19. The summed E-state index contributed by atoms with van der Waals surface area (Å²) in [6.45, 7) is 13.5. The fourth-order valence-corrected chi connectivity index (χ4v) is 2.12. The van der Waals surface area contributed by atoms with Crippen molar-refractivity contribution >= 4 is 7.32 Å². The van der Waals surface area contributed by atoms with Crippen molar-refractivity contribution in [3.8, 4) is 0 Å². The molecule has 136 valence electrons. The number of hydrogen-bond acceptors (Lipinski definition) is 7. The van der Waals surface area contributed by atoms with Crippen LogP contribution in [0, 0.1) is 0 Å². The third-order valence-corrected chi connectivity index (χ3v) is 1.73. The Morgan fingerprint density at radius 1 is 0.500 bits per heavy atom. The summed E-state index contributed by atoms with van der Waals surface area (Å²) >= 11 is 0. The van der Waals surface area contributed by atoms with Crippen LogP contribution in [0.5, 0.6) is 0 Å². The van der Waals surface area contributed by atoms with Crippen LogP contribution in [0.25, 0.3) is 0 Å². The Labute approximate surface area is 134 Å². The summed E-state index contributed by atoms with van der Waals surface area (Å²) in [6, 6.07) is 0. The van der Waals surface area contributed by atoms with Crippen molar-refractivity contribution in [3.63, 3.8) is 0 Å². The summed E-state index contributed by atoms with van der Waals surface area (Å²) in [6.07, 6.45) is 0.806. The third-order valence-electron chi connectivity index (χ3n) is 1.73. The first-order valence-corrected chi connectivity index (χ1v) is 7.08. The maximum atomic E-state index is 9.19. The summed E-state index contributed by atoms with van der Waals surface area (Å²) in [7, 11) is -2.17. The normalized spacial score (nSPS) is 12.7. The third kappa shape index (κ3) is 50.3. The Hall–Kier alpha value is -0.215. The Kier molecular flexibility index (Phi) is 11.9. The molecule has 0 unspecified atom stereocenters. The smallest absolute Gasteiger partial charge is 0.402 e. The minimum Gasteiger partial charge on any atom is -0.402 e. The van der Waals surface area contributed by atoms with Gasteiger partial charge in [0.1, 0.15) is 0 Å². The van der Waals surface area contributed by atoms with Gasteiger partial charge in [0.25, 0.3) is 0 Å². The van der Waals surface area contributed by atoms with Crippen LogP contribution in [0.15, 0.2) is 0 Å². The van der Waals surface area contributed by atoms with Crippen LogP contribution in [-0.4, -0.2) is 65.2 Å². The van der Waals surface area contributed by atoms with E-state index in [1.165, 1.54) is 0 Å². The van der Waals surface area contributed by atoms with Crippen molar-refractivity contribution in [2.24, 2.45) is 0 Å². The van der Waals surface area contributed by atoms with Gasteiger partial charge in [0.2, 0.25) is 0 Å². The summed E-state index contributed by atoms with van der Waals surface area (Å²) in [5, 5.41) is 58.3. The van der Waals surface area contributed by atoms with Crippen molar-refractivity contribution in [1.82, 2.24) is 0 Å². The van der Waals surface area contributed by atoms with Crippen molar-refractivity contribution < 1.29 is 35.5 Å². The van der Waals surface area contributed by atoms with Crippen LogP contribution >= 0.6 is 0 Å². The fraction of sp³-hybridized carbons (Fsp3) is 1.00. The monoisotopic (exact) mass is 326 g/mol. The average Bonchev–Trinajstić information content (AvgIpc) is 1.84. The molecule has 0 saturated carbocycles. The molecule has 0 radical (unpaired) electrons. The minimum absolute atomic E-state index is 0.403. The van der Waals surface area contributed by atoms with E-state index in [9.17, 15) is 20.4 Å². The molecule has 0 bridgehead atoms. The van der Waals surface area contributed by atoms with Gasteiger partial charge in [-0.25, -0.2) is 0 Å². The fourth-order valence-electron chi connectivity index (χ4n) is 2.12. The summed E-state index contributed by atoms with van der Waals surface area (Å²) < 4.78 is 0. The van der Waals surface area contributed by atoms with Crippen LogP contribution in [0.1, 0.15) is 68.2 Å². The van der Waals surface area contributed by atoms with E-state index in [1.807, 2.05) is 0 Å². The Morgan fingerprint density at radius 2 is 0.591 bits per heavy atom. The molecule has 22 heavy (non-hydrogen) atoms. The van der Waals surface area contributed by atoms with Crippen molar-refractivity contribution in [2.75, 3.05) is 0 Å². The summed E-state index contributed by atoms with van der Waals surface area (Å²) in [5.41, 5.74) is -3.06. The molecule has 0 fully saturated rings. The van der Waals surface area contributed by atoms with Gasteiger partial charge in [-0.3, -0.25) is 0 Å². The van der Waals surface area contributed by atoms with Crippen LogP contribution < -0.4 is 0 Å². The SMILES string of the molecule is CC(C)(O)CC(C)(C)O.CC(C)(O)CC(C)(C)O.OB(O)O. The van der Waals surface area contributed by atoms with E-state index < -0.39 is 29.7 Å². The molecule has 0 heterocycles. The Balaban J connectivity index is -0.000000266. The molecule has 8 heteroatoms. The number of aliphatic hydroxyl groups is 4. The van der Waals surface area contributed by atoms with E-state index in [4.69, 9.17) is 15.1 Å². The van der Waals surface area contributed by atoms with Crippen LogP contribution in [0.3, 0.4) is 0 Å². The summed E-state index contributed by atoms with van der Waals surface area (Å²) in [5.74, 6) is 0. The van der Waals surface area contributed by atoms with Crippen molar-refractivity contribution in [1.29, 1.82) is 0 Å². The van der Waals surface area contributed by atoms with Crippen molar-refractivity contribution in [2.45, 2.75) is 90.6 Å². The van der Waals surface area contributed by atoms with Gasteiger partial charge >= 0.3 is 7.32 Å². The van der Waals surface area contributed by atoms with E-state index in [2.05, 4.69) is 0 Å². The zero-order valence-corrected chi connectivity index (χ0v) is 15.1. The Morgan fingerprint density at radius 3 is 0.591 bits per heavy atom. The van der Waals surface area contributed by atoms with Gasteiger partial charge in [0.15, 0.2) is 0 Å². The van der Waals surface area contributed by atoms with E-state index in [0.29, 0.717) is 12.8 Å². The molecule has 0 atom stereocenters. The molecule has 0 aromatic heterocycles. The molecule has 0 spiro atoms.